The van der Waals surface area contributed by atoms with Crippen molar-refractivity contribution in [3.63, 3.8) is 0 Å². The van der Waals surface area contributed by atoms with Crippen molar-refractivity contribution in [2.45, 2.75) is 123 Å². The highest BCUT2D eigenvalue weighted by atomic mass is 16.2. The van der Waals surface area contributed by atoms with Gasteiger partial charge in [0.25, 0.3) is 5.91 Å². The Bertz CT molecular complexity index is 1150. The van der Waals surface area contributed by atoms with E-state index in [0.29, 0.717) is 13.0 Å². The number of nitrogens with one attached hydrogen (secondary N) is 4. The Morgan fingerprint density at radius 3 is 2.18 bits per heavy atom. The molecule has 0 aromatic carbocycles. The van der Waals surface area contributed by atoms with Crippen LogP contribution in [0.2, 0.25) is 0 Å². The molecule has 0 spiro atoms. The van der Waals surface area contributed by atoms with E-state index in [1.165, 1.54) is 6.08 Å². The molecular weight excluding hydrogens is 570 g/mol. The van der Waals surface area contributed by atoms with Gasteiger partial charge in [0, 0.05) is 18.6 Å². The number of carbonyl (C=O) groups is 5. The molecule has 2 aliphatic carbocycles. The fourth-order valence-electron chi connectivity index (χ4n) is 7.92. The van der Waals surface area contributed by atoms with Crippen LogP contribution in [0.4, 0.5) is 4.79 Å². The maximum atomic E-state index is 14.4. The number of amides is 5. The van der Waals surface area contributed by atoms with E-state index >= 15 is 0 Å². The Hall–Kier alpha value is -3.17. The number of rotatable bonds is 14. The van der Waals surface area contributed by atoms with Crippen LogP contribution in [0.25, 0.3) is 0 Å². The Morgan fingerprint density at radius 1 is 0.956 bits per heavy atom. The molecule has 3 aliphatic rings. The van der Waals surface area contributed by atoms with Crippen LogP contribution >= 0.6 is 0 Å². The van der Waals surface area contributed by atoms with Gasteiger partial charge in [-0.1, -0.05) is 66.0 Å². The molecule has 5 atom stereocenters. The van der Waals surface area contributed by atoms with Gasteiger partial charge in [-0.15, -0.1) is 13.2 Å². The second-order valence-corrected chi connectivity index (χ2v) is 15.8. The first-order valence-corrected chi connectivity index (χ1v) is 16.7. The van der Waals surface area contributed by atoms with Gasteiger partial charge in [0.2, 0.25) is 17.6 Å². The summed E-state index contributed by atoms with van der Waals surface area (Å²) in [6.07, 6.45) is 9.19. The van der Waals surface area contributed by atoms with Gasteiger partial charge >= 0.3 is 6.03 Å². The molecule has 0 bridgehead atoms. The van der Waals surface area contributed by atoms with Gasteiger partial charge in [-0.3, -0.25) is 19.2 Å². The van der Waals surface area contributed by atoms with E-state index in [1.54, 1.807) is 11.0 Å². The van der Waals surface area contributed by atoms with E-state index in [1.807, 2.05) is 13.8 Å². The van der Waals surface area contributed by atoms with E-state index in [2.05, 4.69) is 69.0 Å². The number of piperidine rings is 1. The Morgan fingerprint density at radius 2 is 1.60 bits per heavy atom. The Labute approximate surface area is 270 Å². The third-order valence-corrected chi connectivity index (χ3v) is 9.78. The summed E-state index contributed by atoms with van der Waals surface area (Å²) in [7, 11) is 0. The van der Waals surface area contributed by atoms with Crippen LogP contribution in [0.5, 0.6) is 0 Å². The minimum Gasteiger partial charge on any atom is -0.346 e. The first-order valence-electron chi connectivity index (χ1n) is 16.7. The standard InChI is InChI=1S/C35H57N5O5/c1-10-12-18-24(28(41)30(43)36-19-11-2)37-29(42)27-25-23(35(25,8)9)20-40(27)31(44)26(22-16-14-13-15-17-22)38-32(45)39-34(6,7)21-33(3,4)5/h10-11,22-27H,1-2,12-21H2,3-9H3,(H,36,43)(H,37,42)(H2,38,39,45)/t23-,24?,25-,26-,27-/m0/s1. The van der Waals surface area contributed by atoms with Crippen LogP contribution in [0, 0.1) is 28.6 Å². The van der Waals surface area contributed by atoms with Crippen LogP contribution in [0.1, 0.15) is 99.8 Å². The van der Waals surface area contributed by atoms with E-state index in [4.69, 9.17) is 0 Å². The maximum absolute atomic E-state index is 14.4. The lowest BCUT2D eigenvalue weighted by Crippen LogP contribution is -2.61. The van der Waals surface area contributed by atoms with Crippen molar-refractivity contribution in [3.05, 3.63) is 25.3 Å². The minimum atomic E-state index is -1.05. The predicted octanol–water partition coefficient (Wildman–Crippen LogP) is 4.25. The Balaban J connectivity index is 1.85. The summed E-state index contributed by atoms with van der Waals surface area (Å²) >= 11 is 0. The van der Waals surface area contributed by atoms with E-state index in [0.717, 1.165) is 38.5 Å². The number of nitrogens with zero attached hydrogens (tertiary/aromatic N) is 1. The smallest absolute Gasteiger partial charge is 0.315 e. The molecule has 1 heterocycles. The molecule has 0 radical (unpaired) electrons. The van der Waals surface area contributed by atoms with Gasteiger partial charge in [0.05, 0.1) is 6.04 Å². The lowest BCUT2D eigenvalue weighted by Gasteiger charge is -2.38. The third-order valence-electron chi connectivity index (χ3n) is 9.78. The number of fused-ring (bicyclic) bond motifs is 1. The highest BCUT2D eigenvalue weighted by molar-refractivity contribution is 6.38. The van der Waals surface area contributed by atoms with Gasteiger partial charge in [0.15, 0.2) is 0 Å². The minimum absolute atomic E-state index is 0.00340. The molecule has 10 nitrogen and oxygen atoms in total. The fourth-order valence-corrected chi connectivity index (χ4v) is 7.92. The van der Waals surface area contributed by atoms with Crippen LogP contribution in [0.3, 0.4) is 0 Å². The second kappa shape index (κ2) is 14.5. The van der Waals surface area contributed by atoms with Gasteiger partial charge in [-0.2, -0.15) is 0 Å². The van der Waals surface area contributed by atoms with Crippen LogP contribution < -0.4 is 21.3 Å². The average molecular weight is 628 g/mol. The monoisotopic (exact) mass is 627 g/mol. The molecule has 0 aromatic heterocycles. The number of hydrogen-bond donors (Lipinski definition) is 4. The maximum Gasteiger partial charge on any atom is 0.315 e. The lowest BCUT2D eigenvalue weighted by atomic mass is 9.81. The van der Waals surface area contributed by atoms with Crippen LogP contribution in [0.15, 0.2) is 25.3 Å². The van der Waals surface area contributed by atoms with Crippen molar-refractivity contribution in [1.29, 1.82) is 0 Å². The summed E-state index contributed by atoms with van der Waals surface area (Å²) in [4.78, 5) is 69.0. The second-order valence-electron chi connectivity index (χ2n) is 15.8. The number of likely N-dealkylation sites (tertiary alicyclic amines) is 1. The molecule has 4 N–H and O–H groups in total. The summed E-state index contributed by atoms with van der Waals surface area (Å²) in [6.45, 7) is 22.3. The van der Waals surface area contributed by atoms with Crippen molar-refractivity contribution in [3.8, 4) is 0 Å². The molecule has 3 rings (SSSR count). The van der Waals surface area contributed by atoms with Crippen molar-refractivity contribution >= 4 is 29.5 Å². The number of urea groups is 1. The van der Waals surface area contributed by atoms with Crippen molar-refractivity contribution < 1.29 is 24.0 Å². The fraction of sp³-hybridized carbons (Fsp3) is 0.743. The molecule has 3 fully saturated rings. The third kappa shape index (κ3) is 9.19. The SMILES string of the molecule is C=CCCC(NC(=O)[C@@H]1[C@@H]2[C@H](CN1C(=O)[C@@H](NC(=O)NC(C)(C)CC(C)(C)C)C1CCCCC1)C2(C)C)C(=O)C(=O)NCC=C. The molecule has 45 heavy (non-hydrogen) atoms. The van der Waals surface area contributed by atoms with Crippen LogP contribution in [-0.4, -0.2) is 71.2 Å². The topological polar surface area (TPSA) is 137 Å². The molecule has 1 saturated heterocycles. The molecule has 10 heteroatoms. The molecule has 2 saturated carbocycles. The molecule has 252 valence electrons. The average Bonchev–Trinajstić information content (AvgIpc) is 3.27. The number of Topliss-reactive ketones (excluding diaryl/α,β-unsaturated/α-hetero) is 1. The first kappa shape index (κ1) is 36.3. The zero-order valence-corrected chi connectivity index (χ0v) is 28.6. The van der Waals surface area contributed by atoms with Gasteiger partial charge < -0.3 is 26.2 Å². The molecule has 1 aliphatic heterocycles. The predicted molar refractivity (Wildman–Crippen MR) is 176 cm³/mol. The number of allylic oxidation sites excluding steroid dienone is 1. The highest BCUT2D eigenvalue weighted by Crippen LogP contribution is 2.65. The van der Waals surface area contributed by atoms with E-state index in [-0.39, 0.29) is 53.5 Å². The number of hydrogen-bond acceptors (Lipinski definition) is 5. The summed E-state index contributed by atoms with van der Waals surface area (Å²) in [6, 6.07) is -3.02. The van der Waals surface area contributed by atoms with E-state index in [9.17, 15) is 24.0 Å². The van der Waals surface area contributed by atoms with Crippen molar-refractivity contribution in [2.24, 2.45) is 28.6 Å². The lowest BCUT2D eigenvalue weighted by molar-refractivity contribution is -0.144. The van der Waals surface area contributed by atoms with Gasteiger partial charge in [0.1, 0.15) is 12.1 Å². The van der Waals surface area contributed by atoms with Gasteiger partial charge in [-0.25, -0.2) is 4.79 Å². The van der Waals surface area contributed by atoms with Crippen molar-refractivity contribution in [2.75, 3.05) is 13.1 Å². The van der Waals surface area contributed by atoms with Crippen molar-refractivity contribution in [1.82, 2.24) is 26.2 Å². The van der Waals surface area contributed by atoms with Gasteiger partial charge in [-0.05, 0) is 74.5 Å². The normalized spacial score (nSPS) is 24.0. The molecule has 1 unspecified atom stereocenters. The summed E-state index contributed by atoms with van der Waals surface area (Å²) in [5.74, 6) is -2.24. The summed E-state index contributed by atoms with van der Waals surface area (Å²) < 4.78 is 0. The van der Waals surface area contributed by atoms with E-state index < -0.39 is 41.3 Å². The summed E-state index contributed by atoms with van der Waals surface area (Å²) in [5, 5.41) is 11.4. The summed E-state index contributed by atoms with van der Waals surface area (Å²) in [5.41, 5.74) is -0.644. The Kier molecular flexibility index (Phi) is 11.7. The zero-order chi connectivity index (χ0) is 33.7. The van der Waals surface area contributed by atoms with Crippen LogP contribution in [-0.2, 0) is 19.2 Å². The zero-order valence-electron chi connectivity index (χ0n) is 28.6. The quantitative estimate of drug-likeness (QED) is 0.169. The largest absolute Gasteiger partial charge is 0.346 e. The molecule has 0 aromatic rings. The highest BCUT2D eigenvalue weighted by Gasteiger charge is 2.69. The first-order chi connectivity index (χ1) is 20.9. The number of carbonyl (C=O) groups excluding carboxylic acids is 5. The number of ketones is 1. The molecule has 5 amide bonds. The molecular formula is C35H57N5O5.